The van der Waals surface area contributed by atoms with E-state index in [0.29, 0.717) is 11.1 Å². The van der Waals surface area contributed by atoms with E-state index in [1.807, 2.05) is 0 Å². The van der Waals surface area contributed by atoms with Crippen molar-refractivity contribution < 1.29 is 68.1 Å². The van der Waals surface area contributed by atoms with Gasteiger partial charge in [-0.1, -0.05) is 11.6 Å². The summed E-state index contributed by atoms with van der Waals surface area (Å²) >= 11 is 6.42. The molecule has 0 amide bonds. The molecule has 0 radical (unpaired) electrons. The number of methoxy groups -OCH3 is 2. The van der Waals surface area contributed by atoms with Crippen molar-refractivity contribution in [2.75, 3.05) is 14.2 Å². The first kappa shape index (κ1) is 39.9. The summed E-state index contributed by atoms with van der Waals surface area (Å²) in [4.78, 5) is 64.4. The van der Waals surface area contributed by atoms with Crippen LogP contribution in [0.2, 0.25) is 5.02 Å². The molecule has 15 heteroatoms. The highest BCUT2D eigenvalue weighted by atomic mass is 35.5. The van der Waals surface area contributed by atoms with Crippen molar-refractivity contribution in [2.45, 2.75) is 61.0 Å². The van der Waals surface area contributed by atoms with E-state index in [-0.39, 0.29) is 73.3 Å². The minimum atomic E-state index is -2.50. The smallest absolute Gasteiger partial charge is 0.356 e. The minimum absolute atomic E-state index is 0.00560. The summed E-state index contributed by atoms with van der Waals surface area (Å²) in [5.41, 5.74) is -2.48. The molecule has 1 atom stereocenters. The first-order valence-corrected chi connectivity index (χ1v) is 16.2. The lowest BCUT2D eigenvalue weighted by Gasteiger charge is -2.32. The van der Waals surface area contributed by atoms with E-state index in [1.165, 1.54) is 74.8 Å². The Morgan fingerprint density at radius 1 is 0.679 bits per heavy atom. The molecule has 0 heterocycles. The number of phenolic OH excluding ortho intramolecular Hbond substituents is 2. The topological polar surface area (TPSA) is 212 Å². The second-order valence-electron chi connectivity index (χ2n) is 12.4. The third kappa shape index (κ3) is 6.66. The van der Waals surface area contributed by atoms with Gasteiger partial charge in [0.25, 0.3) is 0 Å². The number of carboxylic acids is 1. The van der Waals surface area contributed by atoms with E-state index in [2.05, 4.69) is 0 Å². The average molecular weight is 753 g/mol. The van der Waals surface area contributed by atoms with Gasteiger partial charge in [0, 0.05) is 17.2 Å². The molecular weight excluding hydrogens is 716 g/mol. The van der Waals surface area contributed by atoms with Gasteiger partial charge < -0.3 is 44.1 Å². The maximum atomic E-state index is 13.5. The number of ether oxygens (including phenoxy) is 5. The number of hydrogen-bond acceptors (Lipinski definition) is 13. The normalized spacial score (nSPS) is 15.5. The van der Waals surface area contributed by atoms with Crippen LogP contribution >= 0.6 is 11.6 Å². The van der Waals surface area contributed by atoms with Crippen LogP contribution in [0.1, 0.15) is 78.3 Å². The predicted octanol–water partition coefficient (Wildman–Crippen LogP) is 5.83. The highest BCUT2D eigenvalue weighted by Gasteiger charge is 2.50. The highest BCUT2D eigenvalue weighted by Crippen LogP contribution is 2.45. The van der Waals surface area contributed by atoms with Crippen LogP contribution in [-0.4, -0.2) is 69.9 Å². The fraction of sp³-hybridized carbons (Fsp3) is 0.289. The van der Waals surface area contributed by atoms with Crippen molar-refractivity contribution in [3.05, 3.63) is 90.2 Å². The van der Waals surface area contributed by atoms with Crippen molar-refractivity contribution in [2.24, 2.45) is 0 Å². The molecule has 0 unspecified atom stereocenters. The van der Waals surface area contributed by atoms with Crippen molar-refractivity contribution in [3.63, 3.8) is 0 Å². The van der Waals surface area contributed by atoms with E-state index < -0.39 is 57.3 Å². The van der Waals surface area contributed by atoms with E-state index in [1.54, 1.807) is 6.92 Å². The van der Waals surface area contributed by atoms with Gasteiger partial charge in [-0.05, 0) is 101 Å². The second kappa shape index (κ2) is 14.6. The van der Waals surface area contributed by atoms with Crippen molar-refractivity contribution >= 4 is 41.3 Å². The molecule has 0 fully saturated rings. The summed E-state index contributed by atoms with van der Waals surface area (Å²) < 4.78 is 27.0. The quantitative estimate of drug-likeness (QED) is 0.150. The third-order valence-electron chi connectivity index (χ3n) is 9.34. The number of benzene rings is 3. The van der Waals surface area contributed by atoms with E-state index in [4.69, 9.17) is 35.3 Å². The van der Waals surface area contributed by atoms with E-state index >= 15 is 0 Å². The van der Waals surface area contributed by atoms with Crippen molar-refractivity contribution in [1.29, 1.82) is 0 Å². The van der Waals surface area contributed by atoms with Crippen LogP contribution in [-0.2, 0) is 14.3 Å². The summed E-state index contributed by atoms with van der Waals surface area (Å²) in [5, 5.41) is 42.6. The van der Waals surface area contributed by atoms with Crippen molar-refractivity contribution in [1.82, 2.24) is 0 Å². The molecule has 1 aliphatic rings. The number of rotatable bonds is 9. The number of esters is 3. The summed E-state index contributed by atoms with van der Waals surface area (Å²) in [7, 11) is 2.44. The molecule has 0 spiro atoms. The third-order valence-corrected chi connectivity index (χ3v) is 9.69. The molecule has 3 aromatic carbocycles. The molecular formula is C38H37ClO14. The second-order valence-corrected chi connectivity index (χ2v) is 12.8. The van der Waals surface area contributed by atoms with Crippen LogP contribution in [0.4, 0.5) is 0 Å². The van der Waals surface area contributed by atoms with Crippen LogP contribution in [0, 0.1) is 41.5 Å². The first-order valence-electron chi connectivity index (χ1n) is 15.8. The monoisotopic (exact) mass is 752 g/mol. The molecule has 0 saturated carbocycles. The zero-order valence-corrected chi connectivity index (χ0v) is 31.2. The first-order chi connectivity index (χ1) is 24.6. The fourth-order valence-electron chi connectivity index (χ4n) is 5.90. The highest BCUT2D eigenvalue weighted by molar-refractivity contribution is 6.34. The number of phenols is 2. The number of carbonyl (C=O) groups is 5. The molecule has 0 saturated heterocycles. The Morgan fingerprint density at radius 2 is 1.23 bits per heavy atom. The largest absolute Gasteiger partial charge is 0.507 e. The average Bonchev–Trinajstić information content (AvgIpc) is 3.09. The number of carboxylic acid groups (broad SMARTS) is 1. The van der Waals surface area contributed by atoms with Crippen LogP contribution in [0.5, 0.6) is 34.5 Å². The van der Waals surface area contributed by atoms with E-state index in [0.717, 1.165) is 6.08 Å². The zero-order valence-electron chi connectivity index (χ0n) is 30.5. The Morgan fingerprint density at radius 3 is 1.77 bits per heavy atom. The summed E-state index contributed by atoms with van der Waals surface area (Å²) in [6, 6.07) is 2.54. The SMILES string of the molecule is COC1=C(C)C(=O)C=C(C)[C@]1(O)C(=O)Oc1c(C)c(C)c(C(=O)Oc2cc(C)c(C(=O)Oc3cc(OC)c(C(=O)O)c(C)c3C)c(O)c2C)c(O)c1Cl. The number of aromatic hydroxyl groups is 2. The molecule has 14 nitrogen and oxygen atoms in total. The lowest BCUT2D eigenvalue weighted by Crippen LogP contribution is -2.48. The molecule has 1 aliphatic carbocycles. The van der Waals surface area contributed by atoms with Gasteiger partial charge in [-0.2, -0.15) is 0 Å². The summed E-state index contributed by atoms with van der Waals surface area (Å²) in [6.07, 6.45) is 1.06. The number of aliphatic hydroxyl groups is 1. The Balaban J connectivity index is 1.66. The zero-order chi connectivity index (χ0) is 40.0. The maximum Gasteiger partial charge on any atom is 0.356 e. The molecule has 3 aromatic rings. The van der Waals surface area contributed by atoms with E-state index in [9.17, 15) is 44.4 Å². The number of carbonyl (C=O) groups excluding carboxylic acids is 4. The Bertz CT molecular complexity index is 2180. The van der Waals surface area contributed by atoms with Gasteiger partial charge in [0.2, 0.25) is 5.60 Å². The number of ketones is 1. The Kier molecular flexibility index (Phi) is 11.0. The number of allylic oxidation sites excluding steroid dienone is 2. The molecule has 0 aromatic heterocycles. The van der Waals surface area contributed by atoms with Crippen molar-refractivity contribution in [3.8, 4) is 34.5 Å². The van der Waals surface area contributed by atoms with Gasteiger partial charge in [-0.3, -0.25) is 4.79 Å². The van der Waals surface area contributed by atoms with Gasteiger partial charge in [-0.15, -0.1) is 0 Å². The number of halogens is 1. The minimum Gasteiger partial charge on any atom is -0.507 e. The summed E-state index contributed by atoms with van der Waals surface area (Å²) in [6.45, 7) is 11.5. The van der Waals surface area contributed by atoms with Gasteiger partial charge in [0.1, 0.15) is 50.5 Å². The van der Waals surface area contributed by atoms with Gasteiger partial charge >= 0.3 is 23.9 Å². The van der Waals surface area contributed by atoms with Gasteiger partial charge in [-0.25, -0.2) is 19.2 Å². The molecule has 280 valence electrons. The van der Waals surface area contributed by atoms with Crippen LogP contribution in [0.3, 0.4) is 0 Å². The Hall–Kier alpha value is -5.86. The standard InChI is InChI=1S/C38H37ClO14/c1-14-11-23(21(8)30(41)26(14)35(45)52-24-13-25(49-9)27(34(43)44)17(4)16(24)3)51-36(46)28-18(5)19(6)32(29(39)31(28)42)53-37(47)38(48)15(2)12-22(40)20(7)33(38)50-10/h11-13,41-42,48H,1-10H3,(H,43,44)/t38-/m1/s1. The van der Waals surface area contributed by atoms with Gasteiger partial charge in [0.05, 0.1) is 14.2 Å². The molecule has 0 bridgehead atoms. The Labute approximate surface area is 308 Å². The number of hydrogen-bond donors (Lipinski definition) is 4. The number of aromatic carboxylic acids is 1. The fourth-order valence-corrected chi connectivity index (χ4v) is 6.18. The van der Waals surface area contributed by atoms with Crippen LogP contribution in [0.25, 0.3) is 0 Å². The summed E-state index contributed by atoms with van der Waals surface area (Å²) in [5.74, 6) is -7.50. The van der Waals surface area contributed by atoms with Crippen LogP contribution < -0.4 is 18.9 Å². The lowest BCUT2D eigenvalue weighted by molar-refractivity contribution is -0.151. The maximum absolute atomic E-state index is 13.5. The number of aryl methyl sites for hydroxylation is 1. The van der Waals surface area contributed by atoms with Gasteiger partial charge in [0.15, 0.2) is 17.3 Å². The predicted molar refractivity (Wildman–Crippen MR) is 189 cm³/mol. The molecule has 53 heavy (non-hydrogen) atoms. The molecule has 0 aliphatic heterocycles. The van der Waals surface area contributed by atoms with Crippen LogP contribution in [0.15, 0.2) is 35.1 Å². The molecule has 4 rings (SSSR count). The lowest BCUT2D eigenvalue weighted by atomic mass is 9.83. The molecule has 4 N–H and O–H groups in total.